The van der Waals surface area contributed by atoms with Gasteiger partial charge in [0.15, 0.2) is 0 Å². The maximum Gasteiger partial charge on any atom is 0.333 e. The molecule has 1 heterocycles. The van der Waals surface area contributed by atoms with Crippen LogP contribution in [0.1, 0.15) is 33.9 Å². The summed E-state index contributed by atoms with van der Waals surface area (Å²) in [5.74, 6) is -2.13. The highest BCUT2D eigenvalue weighted by atomic mass is 19.3. The number of carbonyl (C=O) groups excluding carboxylic acids is 2. The van der Waals surface area contributed by atoms with E-state index in [1.807, 2.05) is 0 Å². The molecule has 0 aliphatic heterocycles. The van der Waals surface area contributed by atoms with Crippen molar-refractivity contribution in [3.8, 4) is 0 Å². The summed E-state index contributed by atoms with van der Waals surface area (Å²) in [6.45, 7) is -0.249. The summed E-state index contributed by atoms with van der Waals surface area (Å²) in [5.41, 5.74) is 1.65. The van der Waals surface area contributed by atoms with Crippen LogP contribution in [0, 0.1) is 13.8 Å². The summed E-state index contributed by atoms with van der Waals surface area (Å²) in [5, 5.41) is 17.1. The average molecular weight is 380 g/mol. The second-order valence-corrected chi connectivity index (χ2v) is 5.75. The molecule has 0 aliphatic rings. The number of alkyl halides is 2. The third kappa shape index (κ3) is 5.09. The van der Waals surface area contributed by atoms with Crippen molar-refractivity contribution in [2.75, 3.05) is 11.9 Å². The van der Waals surface area contributed by atoms with Gasteiger partial charge in [0.2, 0.25) is 5.91 Å². The molecule has 0 aliphatic carbocycles. The molecule has 0 bridgehead atoms. The van der Waals surface area contributed by atoms with E-state index in [2.05, 4.69) is 15.7 Å². The Morgan fingerprint density at radius 1 is 1.19 bits per heavy atom. The number of halogens is 2. The number of carbonyl (C=O) groups is 3. The second kappa shape index (κ2) is 8.39. The van der Waals surface area contributed by atoms with Crippen LogP contribution in [-0.4, -0.2) is 39.2 Å². The molecule has 0 spiro atoms. The number of hydrogen-bond donors (Lipinski definition) is 3. The predicted octanol–water partition coefficient (Wildman–Crippen LogP) is 1.89. The van der Waals surface area contributed by atoms with Crippen LogP contribution in [-0.2, 0) is 16.0 Å². The third-order valence-corrected chi connectivity index (χ3v) is 3.83. The minimum Gasteiger partial charge on any atom is -0.480 e. The van der Waals surface area contributed by atoms with Gasteiger partial charge in [0.05, 0.1) is 12.1 Å². The normalized spacial score (nSPS) is 10.7. The van der Waals surface area contributed by atoms with E-state index in [9.17, 15) is 23.2 Å². The van der Waals surface area contributed by atoms with Crippen LogP contribution in [0.4, 0.5) is 14.5 Å². The first-order valence-electron chi connectivity index (χ1n) is 7.91. The topological polar surface area (TPSA) is 113 Å². The highest BCUT2D eigenvalue weighted by molar-refractivity contribution is 5.97. The molecule has 2 rings (SSSR count). The molecular weight excluding hydrogens is 362 g/mol. The first-order valence-corrected chi connectivity index (χ1v) is 7.91. The van der Waals surface area contributed by atoms with Crippen molar-refractivity contribution in [3.05, 3.63) is 46.8 Å². The minimum atomic E-state index is -2.78. The number of nitrogens with zero attached hydrogens (tertiary/aromatic N) is 2. The highest BCUT2D eigenvalue weighted by Crippen LogP contribution is 2.20. The third-order valence-electron chi connectivity index (χ3n) is 3.83. The monoisotopic (exact) mass is 380 g/mol. The lowest BCUT2D eigenvalue weighted by Gasteiger charge is -2.08. The van der Waals surface area contributed by atoms with E-state index in [-0.39, 0.29) is 17.7 Å². The van der Waals surface area contributed by atoms with Gasteiger partial charge in [-0.05, 0) is 38.1 Å². The van der Waals surface area contributed by atoms with Crippen LogP contribution in [0.3, 0.4) is 0 Å². The lowest BCUT2D eigenvalue weighted by Crippen LogP contribution is -2.29. The van der Waals surface area contributed by atoms with Crippen LogP contribution in [0.2, 0.25) is 0 Å². The Bertz CT molecular complexity index is 863. The maximum absolute atomic E-state index is 12.8. The van der Waals surface area contributed by atoms with Crippen LogP contribution in [0.25, 0.3) is 0 Å². The fraction of sp³-hybridized carbons (Fsp3) is 0.294. The first-order chi connectivity index (χ1) is 12.7. The van der Waals surface area contributed by atoms with Crippen molar-refractivity contribution in [2.24, 2.45) is 0 Å². The van der Waals surface area contributed by atoms with Gasteiger partial charge in [0, 0.05) is 22.5 Å². The van der Waals surface area contributed by atoms with E-state index in [0.717, 1.165) is 0 Å². The molecule has 2 amide bonds. The van der Waals surface area contributed by atoms with Crippen molar-refractivity contribution < 1.29 is 28.3 Å². The van der Waals surface area contributed by atoms with Crippen LogP contribution < -0.4 is 10.6 Å². The molecule has 0 unspecified atom stereocenters. The molecule has 0 radical (unpaired) electrons. The number of carboxylic acid groups (broad SMARTS) is 1. The zero-order valence-electron chi connectivity index (χ0n) is 14.6. The molecule has 0 fully saturated rings. The van der Waals surface area contributed by atoms with Crippen molar-refractivity contribution >= 4 is 23.5 Å². The SMILES string of the molecule is Cc1nn(C(F)F)c(C)c1CC(=O)Nc1ccc(C(=O)NCC(=O)O)cc1. The summed E-state index contributed by atoms with van der Waals surface area (Å²) in [4.78, 5) is 34.3. The van der Waals surface area contributed by atoms with Crippen LogP contribution >= 0.6 is 0 Å². The molecule has 0 saturated carbocycles. The standard InChI is InChI=1S/C17H18F2N4O4/c1-9-13(10(2)23(22-9)17(18)19)7-14(24)21-12-5-3-11(4-6-12)16(27)20-8-15(25)26/h3-6,17H,7-8H2,1-2H3,(H,20,27)(H,21,24)(H,25,26). The van der Waals surface area contributed by atoms with Crippen LogP contribution in [0.5, 0.6) is 0 Å². The zero-order chi connectivity index (χ0) is 20.1. The van der Waals surface area contributed by atoms with Gasteiger partial charge in [-0.1, -0.05) is 0 Å². The number of aliphatic carboxylic acids is 1. The summed E-state index contributed by atoms with van der Waals surface area (Å²) < 4.78 is 26.3. The molecule has 1 aromatic carbocycles. The Hall–Kier alpha value is -3.30. The predicted molar refractivity (Wildman–Crippen MR) is 91.7 cm³/mol. The summed E-state index contributed by atoms with van der Waals surface area (Å²) in [7, 11) is 0. The average Bonchev–Trinajstić information content (AvgIpc) is 2.88. The van der Waals surface area contributed by atoms with Crippen molar-refractivity contribution in [1.82, 2.24) is 15.1 Å². The number of hydrogen-bond acceptors (Lipinski definition) is 4. The van der Waals surface area contributed by atoms with E-state index >= 15 is 0 Å². The molecule has 144 valence electrons. The first kappa shape index (κ1) is 20.0. The highest BCUT2D eigenvalue weighted by Gasteiger charge is 2.19. The zero-order valence-corrected chi connectivity index (χ0v) is 14.6. The number of carboxylic acids is 1. The molecule has 8 nitrogen and oxygen atoms in total. The maximum atomic E-state index is 12.8. The Balaban J connectivity index is 2.00. The van der Waals surface area contributed by atoms with E-state index in [0.29, 0.717) is 21.6 Å². The van der Waals surface area contributed by atoms with Gasteiger partial charge in [-0.3, -0.25) is 14.4 Å². The van der Waals surface area contributed by atoms with Crippen LogP contribution in [0.15, 0.2) is 24.3 Å². The minimum absolute atomic E-state index is 0.120. The number of aryl methyl sites for hydroxylation is 1. The number of nitrogens with one attached hydrogen (secondary N) is 2. The fourth-order valence-corrected chi connectivity index (χ4v) is 2.47. The van der Waals surface area contributed by atoms with E-state index < -0.39 is 30.9 Å². The van der Waals surface area contributed by atoms with Crippen molar-refractivity contribution in [2.45, 2.75) is 26.8 Å². The van der Waals surface area contributed by atoms with Gasteiger partial charge in [0.1, 0.15) is 6.54 Å². The molecule has 0 saturated heterocycles. The Kier molecular flexibility index (Phi) is 6.22. The van der Waals surface area contributed by atoms with Gasteiger partial charge in [-0.25, -0.2) is 4.68 Å². The molecule has 0 atom stereocenters. The van der Waals surface area contributed by atoms with Gasteiger partial charge in [-0.15, -0.1) is 0 Å². The number of amides is 2. The summed E-state index contributed by atoms with van der Waals surface area (Å²) in [6.07, 6.45) is -0.120. The Morgan fingerprint density at radius 2 is 1.81 bits per heavy atom. The number of aromatic nitrogens is 2. The number of rotatable bonds is 7. The largest absolute Gasteiger partial charge is 0.480 e. The Labute approximate surface area is 153 Å². The van der Waals surface area contributed by atoms with Gasteiger partial charge in [0.25, 0.3) is 5.91 Å². The second-order valence-electron chi connectivity index (χ2n) is 5.75. The quantitative estimate of drug-likeness (QED) is 0.679. The molecular formula is C17H18F2N4O4. The number of anilines is 1. The van der Waals surface area contributed by atoms with E-state index in [1.165, 1.54) is 31.2 Å². The fourth-order valence-electron chi connectivity index (χ4n) is 2.47. The van der Waals surface area contributed by atoms with E-state index in [1.54, 1.807) is 6.92 Å². The summed E-state index contributed by atoms with van der Waals surface area (Å²) in [6, 6.07) is 5.82. The van der Waals surface area contributed by atoms with E-state index in [4.69, 9.17) is 5.11 Å². The smallest absolute Gasteiger partial charge is 0.333 e. The van der Waals surface area contributed by atoms with Gasteiger partial charge < -0.3 is 15.7 Å². The van der Waals surface area contributed by atoms with Crippen molar-refractivity contribution in [3.63, 3.8) is 0 Å². The summed E-state index contributed by atoms with van der Waals surface area (Å²) >= 11 is 0. The van der Waals surface area contributed by atoms with Crippen molar-refractivity contribution in [1.29, 1.82) is 0 Å². The molecule has 2 aromatic rings. The number of benzene rings is 1. The molecule has 1 aromatic heterocycles. The molecule has 27 heavy (non-hydrogen) atoms. The lowest BCUT2D eigenvalue weighted by atomic mass is 10.1. The molecule has 3 N–H and O–H groups in total. The van der Waals surface area contributed by atoms with Gasteiger partial charge >= 0.3 is 12.5 Å². The lowest BCUT2D eigenvalue weighted by molar-refractivity contribution is -0.135. The molecule has 10 heteroatoms. The van der Waals surface area contributed by atoms with Gasteiger partial charge in [-0.2, -0.15) is 13.9 Å². The Morgan fingerprint density at radius 3 is 2.33 bits per heavy atom.